The van der Waals surface area contributed by atoms with Gasteiger partial charge in [-0.3, -0.25) is 10.2 Å². The number of nitrogens with one attached hydrogen (secondary N) is 1. The molecule has 0 spiro atoms. The highest BCUT2D eigenvalue weighted by Crippen LogP contribution is 2.27. The van der Waals surface area contributed by atoms with Crippen LogP contribution in [-0.4, -0.2) is 36.7 Å². The fourth-order valence-corrected chi connectivity index (χ4v) is 4.27. The molecule has 4 nitrogen and oxygen atoms in total. The molecule has 0 aromatic heterocycles. The highest BCUT2D eigenvalue weighted by molar-refractivity contribution is 5.29. The maximum atomic E-state index is 6.01. The fourth-order valence-electron chi connectivity index (χ4n) is 4.27. The Hall–Kier alpha value is -1.88. The van der Waals surface area contributed by atoms with Gasteiger partial charge in [0.05, 0.1) is 13.2 Å². The summed E-state index contributed by atoms with van der Waals surface area (Å²) in [4.78, 5) is 2.58. The molecule has 4 rings (SSSR count). The second-order valence-corrected chi connectivity index (χ2v) is 9.13. The Morgan fingerprint density at radius 3 is 2.41 bits per heavy atom. The molecule has 2 heterocycles. The van der Waals surface area contributed by atoms with Gasteiger partial charge in [0.2, 0.25) is 0 Å². The molecule has 2 aromatic carbocycles. The van der Waals surface area contributed by atoms with E-state index in [-0.39, 0.29) is 11.8 Å². The van der Waals surface area contributed by atoms with Gasteiger partial charge in [-0.05, 0) is 75.4 Å². The molecule has 0 radical (unpaired) electrons. The van der Waals surface area contributed by atoms with Crippen molar-refractivity contribution in [1.29, 1.82) is 0 Å². The molecule has 2 aliphatic rings. The Kier molecular flexibility index (Phi) is 6.53. The highest BCUT2D eigenvalue weighted by atomic mass is 16.5. The summed E-state index contributed by atoms with van der Waals surface area (Å²) in [5.41, 5.74) is 2.62. The lowest BCUT2D eigenvalue weighted by Crippen LogP contribution is -2.35. The van der Waals surface area contributed by atoms with Crippen molar-refractivity contribution in [3.8, 4) is 5.75 Å². The Morgan fingerprint density at radius 2 is 1.76 bits per heavy atom. The van der Waals surface area contributed by atoms with E-state index in [9.17, 15) is 0 Å². The van der Waals surface area contributed by atoms with Crippen molar-refractivity contribution < 1.29 is 9.47 Å². The van der Waals surface area contributed by atoms with Gasteiger partial charge < -0.3 is 9.47 Å². The summed E-state index contributed by atoms with van der Waals surface area (Å²) in [5, 5.41) is 3.50. The third-order valence-electron chi connectivity index (χ3n) is 6.07. The van der Waals surface area contributed by atoms with E-state index in [1.807, 2.05) is 0 Å². The Bertz CT molecular complexity index is 752. The van der Waals surface area contributed by atoms with Crippen LogP contribution in [0.1, 0.15) is 50.5 Å². The van der Waals surface area contributed by atoms with Crippen LogP contribution in [0.25, 0.3) is 0 Å². The van der Waals surface area contributed by atoms with Crippen molar-refractivity contribution in [2.24, 2.45) is 5.92 Å². The molecule has 0 aliphatic carbocycles. The van der Waals surface area contributed by atoms with Crippen LogP contribution in [0.2, 0.25) is 0 Å². The topological polar surface area (TPSA) is 33.7 Å². The largest absolute Gasteiger partial charge is 0.494 e. The molecule has 0 saturated carbocycles. The summed E-state index contributed by atoms with van der Waals surface area (Å²) in [6, 6.07) is 19.1. The number of hydrogen-bond donors (Lipinski definition) is 1. The quantitative estimate of drug-likeness (QED) is 0.734. The van der Waals surface area contributed by atoms with Crippen LogP contribution in [0.5, 0.6) is 5.75 Å². The van der Waals surface area contributed by atoms with Gasteiger partial charge in [0.1, 0.15) is 12.0 Å². The number of hydrogen-bond acceptors (Lipinski definition) is 4. The van der Waals surface area contributed by atoms with Gasteiger partial charge in [0.15, 0.2) is 0 Å². The SMILES string of the molecule is CC1(C)COC(c2ccc(OCCC3CCN(Cc4ccccc4)CC3)cc2)N1. The van der Waals surface area contributed by atoms with E-state index < -0.39 is 0 Å². The first kappa shape index (κ1) is 20.4. The minimum atomic E-state index is -0.0138. The van der Waals surface area contributed by atoms with Gasteiger partial charge in [-0.1, -0.05) is 42.5 Å². The van der Waals surface area contributed by atoms with E-state index in [0.717, 1.165) is 43.4 Å². The molecule has 4 heteroatoms. The molecule has 1 N–H and O–H groups in total. The molecule has 1 unspecified atom stereocenters. The summed E-state index contributed by atoms with van der Waals surface area (Å²) in [7, 11) is 0. The molecule has 2 aromatic rings. The van der Waals surface area contributed by atoms with Crippen molar-refractivity contribution in [3.63, 3.8) is 0 Å². The molecule has 2 fully saturated rings. The van der Waals surface area contributed by atoms with Crippen molar-refractivity contribution >= 4 is 0 Å². The minimum Gasteiger partial charge on any atom is -0.494 e. The number of ether oxygens (including phenoxy) is 2. The average Bonchev–Trinajstić information content (AvgIpc) is 3.10. The molecule has 0 bridgehead atoms. The van der Waals surface area contributed by atoms with Crippen LogP contribution in [0.4, 0.5) is 0 Å². The molecule has 1 atom stereocenters. The molecule has 29 heavy (non-hydrogen) atoms. The third-order valence-corrected chi connectivity index (χ3v) is 6.07. The molecule has 0 amide bonds. The fraction of sp³-hybridized carbons (Fsp3) is 0.520. The zero-order valence-electron chi connectivity index (χ0n) is 17.8. The first-order valence-corrected chi connectivity index (χ1v) is 11.0. The summed E-state index contributed by atoms with van der Waals surface area (Å²) >= 11 is 0. The first-order valence-electron chi connectivity index (χ1n) is 11.0. The van der Waals surface area contributed by atoms with Gasteiger partial charge in [-0.15, -0.1) is 0 Å². The predicted octanol–water partition coefficient (Wildman–Crippen LogP) is 4.76. The van der Waals surface area contributed by atoms with E-state index in [2.05, 4.69) is 78.7 Å². The van der Waals surface area contributed by atoms with Gasteiger partial charge in [0.25, 0.3) is 0 Å². The summed E-state index contributed by atoms with van der Waals surface area (Å²) in [6.07, 6.45) is 3.67. The van der Waals surface area contributed by atoms with Gasteiger partial charge in [0, 0.05) is 12.1 Å². The Labute approximate surface area is 175 Å². The Balaban J connectivity index is 1.16. The summed E-state index contributed by atoms with van der Waals surface area (Å²) in [6.45, 7) is 9.33. The minimum absolute atomic E-state index is 0.0138. The van der Waals surface area contributed by atoms with E-state index in [4.69, 9.17) is 9.47 Å². The van der Waals surface area contributed by atoms with Crippen LogP contribution in [0.15, 0.2) is 54.6 Å². The molecular formula is C25H34N2O2. The second-order valence-electron chi connectivity index (χ2n) is 9.13. The summed E-state index contributed by atoms with van der Waals surface area (Å²) < 4.78 is 11.9. The molecule has 2 aliphatic heterocycles. The van der Waals surface area contributed by atoms with Crippen LogP contribution in [0.3, 0.4) is 0 Å². The van der Waals surface area contributed by atoms with Crippen LogP contribution in [-0.2, 0) is 11.3 Å². The smallest absolute Gasteiger partial charge is 0.134 e. The lowest BCUT2D eigenvalue weighted by atomic mass is 9.93. The van der Waals surface area contributed by atoms with E-state index in [1.54, 1.807) is 0 Å². The molecular weight excluding hydrogens is 360 g/mol. The monoisotopic (exact) mass is 394 g/mol. The number of likely N-dealkylation sites (tertiary alicyclic amines) is 1. The van der Waals surface area contributed by atoms with Gasteiger partial charge in [-0.25, -0.2) is 0 Å². The zero-order chi connectivity index (χ0) is 20.1. The van der Waals surface area contributed by atoms with Crippen molar-refractivity contribution in [1.82, 2.24) is 10.2 Å². The second kappa shape index (κ2) is 9.29. The van der Waals surface area contributed by atoms with Crippen molar-refractivity contribution in [3.05, 3.63) is 65.7 Å². The maximum Gasteiger partial charge on any atom is 0.134 e. The number of piperidine rings is 1. The van der Waals surface area contributed by atoms with Gasteiger partial charge in [-0.2, -0.15) is 0 Å². The van der Waals surface area contributed by atoms with E-state index in [0.29, 0.717) is 0 Å². The predicted molar refractivity (Wildman–Crippen MR) is 117 cm³/mol. The summed E-state index contributed by atoms with van der Waals surface area (Å²) in [5.74, 6) is 1.73. The Morgan fingerprint density at radius 1 is 1.03 bits per heavy atom. The highest BCUT2D eigenvalue weighted by Gasteiger charge is 2.31. The normalized spacial score (nSPS) is 22.6. The van der Waals surface area contributed by atoms with E-state index in [1.165, 1.54) is 31.5 Å². The average molecular weight is 395 g/mol. The maximum absolute atomic E-state index is 6.01. The van der Waals surface area contributed by atoms with Crippen molar-refractivity contribution in [2.45, 2.75) is 51.4 Å². The van der Waals surface area contributed by atoms with Crippen LogP contribution < -0.4 is 10.1 Å². The van der Waals surface area contributed by atoms with E-state index >= 15 is 0 Å². The van der Waals surface area contributed by atoms with Crippen LogP contribution >= 0.6 is 0 Å². The first-order chi connectivity index (χ1) is 14.1. The number of nitrogens with zero attached hydrogens (tertiary/aromatic N) is 1. The number of rotatable bonds is 7. The van der Waals surface area contributed by atoms with Crippen molar-refractivity contribution in [2.75, 3.05) is 26.3 Å². The lowest BCUT2D eigenvalue weighted by Gasteiger charge is -2.32. The molecule has 156 valence electrons. The molecule has 2 saturated heterocycles. The number of benzene rings is 2. The third kappa shape index (κ3) is 5.81. The van der Waals surface area contributed by atoms with Crippen LogP contribution in [0, 0.1) is 5.92 Å². The lowest BCUT2D eigenvalue weighted by molar-refractivity contribution is 0.0988. The standard InChI is InChI=1S/C25H34N2O2/c1-25(2)19-29-24(26-25)22-8-10-23(11-9-22)28-17-14-20-12-15-27(16-13-20)18-21-6-4-3-5-7-21/h3-11,20,24,26H,12-19H2,1-2H3. The van der Waals surface area contributed by atoms with Gasteiger partial charge >= 0.3 is 0 Å². The zero-order valence-corrected chi connectivity index (χ0v) is 17.8.